The number of hydrogen-bond acceptors (Lipinski definition) is 1. The van der Waals surface area contributed by atoms with Crippen LogP contribution in [0.15, 0.2) is 18.2 Å². The van der Waals surface area contributed by atoms with Gasteiger partial charge >= 0.3 is 0 Å². The first-order valence-electron chi connectivity index (χ1n) is 6.49. The van der Waals surface area contributed by atoms with E-state index in [2.05, 4.69) is 26.1 Å². The third-order valence-corrected chi connectivity index (χ3v) is 3.92. The summed E-state index contributed by atoms with van der Waals surface area (Å²) in [6.07, 6.45) is 3.04. The Morgan fingerprint density at radius 2 is 2.00 bits per heavy atom. The predicted molar refractivity (Wildman–Crippen MR) is 74.5 cm³/mol. The Hall–Kier alpha value is -0.600. The van der Waals surface area contributed by atoms with Gasteiger partial charge in [-0.1, -0.05) is 17.7 Å². The molecule has 0 saturated heterocycles. The molecule has 0 unspecified atom stereocenters. The maximum Gasteiger partial charge on any atom is 0.127 e. The molecule has 2 rings (SSSR count). The summed E-state index contributed by atoms with van der Waals surface area (Å²) in [5, 5.41) is 4.07. The predicted octanol–water partition coefficient (Wildman–Crippen LogP) is 4.19. The van der Waals surface area contributed by atoms with Crippen LogP contribution in [0, 0.1) is 11.2 Å². The average Bonchev–Trinajstić information content (AvgIpc) is 3.01. The first kappa shape index (κ1) is 13.8. The Kier molecular flexibility index (Phi) is 3.70. The summed E-state index contributed by atoms with van der Waals surface area (Å²) in [7, 11) is 0. The van der Waals surface area contributed by atoms with Crippen molar-refractivity contribution in [2.24, 2.45) is 5.41 Å². The van der Waals surface area contributed by atoms with E-state index in [-0.39, 0.29) is 16.8 Å². The lowest BCUT2D eigenvalue weighted by Gasteiger charge is -2.25. The molecule has 0 bridgehead atoms. The molecule has 1 aromatic rings. The van der Waals surface area contributed by atoms with E-state index in [0.29, 0.717) is 10.6 Å². The van der Waals surface area contributed by atoms with Crippen molar-refractivity contribution in [3.63, 3.8) is 0 Å². The SMILES string of the molecule is CC(C)(C)NCC1(Cc2c(F)cccc2Cl)CC1. The average molecular weight is 270 g/mol. The second kappa shape index (κ2) is 4.82. The highest BCUT2D eigenvalue weighted by Gasteiger charge is 2.43. The third-order valence-electron chi connectivity index (χ3n) is 3.56. The van der Waals surface area contributed by atoms with E-state index in [9.17, 15) is 4.39 Å². The fraction of sp³-hybridized carbons (Fsp3) is 0.600. The van der Waals surface area contributed by atoms with Gasteiger partial charge in [0.15, 0.2) is 0 Å². The van der Waals surface area contributed by atoms with Gasteiger partial charge in [-0.3, -0.25) is 0 Å². The van der Waals surface area contributed by atoms with Crippen molar-refractivity contribution in [3.8, 4) is 0 Å². The molecule has 100 valence electrons. The number of halogens is 2. The molecule has 0 heterocycles. The number of rotatable bonds is 4. The van der Waals surface area contributed by atoms with Gasteiger partial charge in [-0.15, -0.1) is 0 Å². The zero-order valence-corrected chi connectivity index (χ0v) is 12.1. The molecule has 1 aliphatic carbocycles. The van der Waals surface area contributed by atoms with Crippen LogP contribution >= 0.6 is 11.6 Å². The van der Waals surface area contributed by atoms with E-state index in [1.165, 1.54) is 6.07 Å². The van der Waals surface area contributed by atoms with E-state index in [1.54, 1.807) is 12.1 Å². The number of hydrogen-bond donors (Lipinski definition) is 1. The summed E-state index contributed by atoms with van der Waals surface area (Å²) in [6.45, 7) is 7.39. The highest BCUT2D eigenvalue weighted by Crippen LogP contribution is 2.49. The molecule has 18 heavy (non-hydrogen) atoms. The maximum atomic E-state index is 13.8. The number of benzene rings is 1. The summed E-state index contributed by atoms with van der Waals surface area (Å²) in [5.41, 5.74) is 0.987. The summed E-state index contributed by atoms with van der Waals surface area (Å²) in [4.78, 5) is 0. The van der Waals surface area contributed by atoms with Crippen LogP contribution in [0.25, 0.3) is 0 Å². The van der Waals surface area contributed by atoms with E-state index in [4.69, 9.17) is 11.6 Å². The molecule has 0 spiro atoms. The molecular formula is C15H21ClFN. The van der Waals surface area contributed by atoms with Gasteiger partial charge in [0.2, 0.25) is 0 Å². The third kappa shape index (κ3) is 3.46. The fourth-order valence-corrected chi connectivity index (χ4v) is 2.35. The summed E-state index contributed by atoms with van der Waals surface area (Å²) in [6, 6.07) is 4.93. The Labute approximate surface area is 114 Å². The van der Waals surface area contributed by atoms with Crippen molar-refractivity contribution in [1.29, 1.82) is 0 Å². The Bertz CT molecular complexity index is 412. The molecule has 1 aromatic carbocycles. The van der Waals surface area contributed by atoms with Gasteiger partial charge in [0.1, 0.15) is 5.82 Å². The minimum atomic E-state index is -0.176. The first-order chi connectivity index (χ1) is 8.31. The monoisotopic (exact) mass is 269 g/mol. The zero-order valence-electron chi connectivity index (χ0n) is 11.3. The Morgan fingerprint density at radius 1 is 1.33 bits per heavy atom. The van der Waals surface area contributed by atoms with E-state index >= 15 is 0 Å². The normalized spacial score (nSPS) is 17.8. The lowest BCUT2D eigenvalue weighted by atomic mass is 9.94. The van der Waals surface area contributed by atoms with Crippen molar-refractivity contribution in [2.75, 3.05) is 6.54 Å². The minimum Gasteiger partial charge on any atom is -0.312 e. The van der Waals surface area contributed by atoms with E-state index in [0.717, 1.165) is 25.8 Å². The van der Waals surface area contributed by atoms with Crippen LogP contribution in [0.5, 0.6) is 0 Å². The molecule has 0 atom stereocenters. The van der Waals surface area contributed by atoms with Crippen LogP contribution in [0.4, 0.5) is 4.39 Å². The Balaban J connectivity index is 2.05. The minimum absolute atomic E-state index is 0.106. The molecule has 3 heteroatoms. The highest BCUT2D eigenvalue weighted by atomic mass is 35.5. The largest absolute Gasteiger partial charge is 0.312 e. The van der Waals surface area contributed by atoms with Crippen LogP contribution in [0.3, 0.4) is 0 Å². The molecular weight excluding hydrogens is 249 g/mol. The lowest BCUT2D eigenvalue weighted by molar-refractivity contribution is 0.354. The van der Waals surface area contributed by atoms with Crippen molar-refractivity contribution in [2.45, 2.75) is 45.6 Å². The van der Waals surface area contributed by atoms with Gasteiger partial charge in [-0.2, -0.15) is 0 Å². The van der Waals surface area contributed by atoms with E-state index < -0.39 is 0 Å². The van der Waals surface area contributed by atoms with Crippen LogP contribution in [0.1, 0.15) is 39.2 Å². The zero-order chi connectivity index (χ0) is 13.4. The molecule has 1 fully saturated rings. The summed E-state index contributed by atoms with van der Waals surface area (Å²) < 4.78 is 13.8. The Morgan fingerprint density at radius 3 is 2.50 bits per heavy atom. The van der Waals surface area contributed by atoms with Crippen molar-refractivity contribution < 1.29 is 4.39 Å². The second-order valence-corrected chi connectivity index (χ2v) is 6.89. The molecule has 1 aliphatic rings. The smallest absolute Gasteiger partial charge is 0.127 e. The van der Waals surface area contributed by atoms with Crippen LogP contribution in [-0.4, -0.2) is 12.1 Å². The van der Waals surface area contributed by atoms with Gasteiger partial charge in [-0.25, -0.2) is 4.39 Å². The summed E-state index contributed by atoms with van der Waals surface area (Å²) >= 11 is 6.09. The first-order valence-corrected chi connectivity index (χ1v) is 6.87. The molecule has 1 N–H and O–H groups in total. The van der Waals surface area contributed by atoms with Crippen LogP contribution in [0.2, 0.25) is 5.02 Å². The molecule has 1 saturated carbocycles. The van der Waals surface area contributed by atoms with Gasteiger partial charge in [-0.05, 0) is 57.6 Å². The standard InChI is InChI=1S/C15H21ClFN/c1-14(2,3)18-10-15(7-8-15)9-11-12(16)5-4-6-13(11)17/h4-6,18H,7-10H2,1-3H3. The van der Waals surface area contributed by atoms with E-state index in [1.807, 2.05) is 0 Å². The van der Waals surface area contributed by atoms with Crippen molar-refractivity contribution in [3.05, 3.63) is 34.6 Å². The molecule has 0 aliphatic heterocycles. The van der Waals surface area contributed by atoms with Crippen LogP contribution in [-0.2, 0) is 6.42 Å². The van der Waals surface area contributed by atoms with Gasteiger partial charge in [0.05, 0.1) is 0 Å². The number of nitrogens with one attached hydrogen (secondary N) is 1. The van der Waals surface area contributed by atoms with Crippen LogP contribution < -0.4 is 5.32 Å². The lowest BCUT2D eigenvalue weighted by Crippen LogP contribution is -2.40. The quantitative estimate of drug-likeness (QED) is 0.864. The van der Waals surface area contributed by atoms with Gasteiger partial charge < -0.3 is 5.32 Å². The van der Waals surface area contributed by atoms with Gasteiger partial charge in [0, 0.05) is 22.7 Å². The molecule has 0 radical (unpaired) electrons. The van der Waals surface area contributed by atoms with Crippen molar-refractivity contribution >= 4 is 11.6 Å². The fourth-order valence-electron chi connectivity index (χ4n) is 2.12. The van der Waals surface area contributed by atoms with Gasteiger partial charge in [0.25, 0.3) is 0 Å². The summed E-state index contributed by atoms with van der Waals surface area (Å²) in [5.74, 6) is -0.176. The topological polar surface area (TPSA) is 12.0 Å². The second-order valence-electron chi connectivity index (χ2n) is 6.48. The van der Waals surface area contributed by atoms with Crippen molar-refractivity contribution in [1.82, 2.24) is 5.32 Å². The molecule has 1 nitrogen and oxygen atoms in total. The molecule has 0 amide bonds. The highest BCUT2D eigenvalue weighted by molar-refractivity contribution is 6.31. The molecule has 0 aromatic heterocycles. The maximum absolute atomic E-state index is 13.8.